The van der Waals surface area contributed by atoms with Crippen LogP contribution in [-0.4, -0.2) is 20.5 Å². The molecule has 1 rings (SSSR count). The Kier molecular flexibility index (Phi) is 4.18. The summed E-state index contributed by atoms with van der Waals surface area (Å²) in [6.07, 6.45) is 3.81. The molecule has 0 spiro atoms. The van der Waals surface area contributed by atoms with Gasteiger partial charge in [0.15, 0.2) is 0 Å². The van der Waals surface area contributed by atoms with Gasteiger partial charge < -0.3 is 11.1 Å². The maximum Gasteiger partial charge on any atom is 0.223 e. The van der Waals surface area contributed by atoms with Crippen molar-refractivity contribution in [2.45, 2.75) is 39.2 Å². The smallest absolute Gasteiger partial charge is 0.223 e. The summed E-state index contributed by atoms with van der Waals surface area (Å²) in [5.74, 6) is 0.573. The van der Waals surface area contributed by atoms with Gasteiger partial charge in [-0.3, -0.25) is 0 Å². The van der Waals surface area contributed by atoms with Crippen LogP contribution in [-0.2, 0) is 0 Å². The first-order valence-corrected chi connectivity index (χ1v) is 5.76. The lowest BCUT2D eigenvalue weighted by Gasteiger charge is -2.25. The van der Waals surface area contributed by atoms with E-state index < -0.39 is 0 Å². The van der Waals surface area contributed by atoms with Gasteiger partial charge in [-0.1, -0.05) is 25.6 Å². The number of hydrogen-bond donors (Lipinski definition) is 2. The van der Waals surface area contributed by atoms with Crippen LogP contribution >= 0.6 is 12.2 Å². The Morgan fingerprint density at radius 2 is 2.25 bits per heavy atom. The quantitative estimate of drug-likeness (QED) is 0.769. The van der Waals surface area contributed by atoms with Crippen LogP contribution in [0.3, 0.4) is 0 Å². The number of thiocarbonyl (C=S) groups is 1. The Morgan fingerprint density at radius 1 is 1.56 bits per heavy atom. The Labute approximate surface area is 102 Å². The summed E-state index contributed by atoms with van der Waals surface area (Å²) in [5.41, 5.74) is 6.09. The molecule has 0 radical (unpaired) electrons. The van der Waals surface area contributed by atoms with Crippen molar-refractivity contribution in [2.75, 3.05) is 5.32 Å². The molecule has 0 bridgehead atoms. The highest BCUT2D eigenvalue weighted by Crippen LogP contribution is 2.16. The number of hydrogen-bond acceptors (Lipinski definition) is 4. The summed E-state index contributed by atoms with van der Waals surface area (Å²) in [7, 11) is 0. The molecule has 0 unspecified atom stereocenters. The Bertz CT molecular complexity index is 376. The number of nitrogens with zero attached hydrogens (tertiary/aromatic N) is 2. The van der Waals surface area contributed by atoms with Gasteiger partial charge in [-0.25, -0.2) is 9.97 Å². The highest BCUT2D eigenvalue weighted by molar-refractivity contribution is 7.80. The monoisotopic (exact) mass is 238 g/mol. The largest absolute Gasteiger partial charge is 0.388 e. The third-order valence-corrected chi connectivity index (χ3v) is 2.44. The van der Waals surface area contributed by atoms with Gasteiger partial charge in [0.05, 0.1) is 0 Å². The van der Waals surface area contributed by atoms with E-state index in [0.717, 1.165) is 12.8 Å². The zero-order chi connectivity index (χ0) is 12.2. The molecule has 1 aromatic heterocycles. The van der Waals surface area contributed by atoms with Crippen LogP contribution in [0.4, 0.5) is 5.95 Å². The molecule has 0 fully saturated rings. The third kappa shape index (κ3) is 3.73. The number of nitrogens with one attached hydrogen (secondary N) is 1. The summed E-state index contributed by atoms with van der Waals surface area (Å²) in [5, 5.41) is 3.28. The molecule has 16 heavy (non-hydrogen) atoms. The minimum Gasteiger partial charge on any atom is -0.388 e. The highest BCUT2D eigenvalue weighted by Gasteiger charge is 2.17. The average Bonchev–Trinajstić information content (AvgIpc) is 2.17. The van der Waals surface area contributed by atoms with E-state index in [-0.39, 0.29) is 5.54 Å². The molecule has 0 amide bonds. The standard InChI is InChI=1S/C11H18N4S/c1-4-6-11(2,3)15-10-13-7-5-8(14-10)9(12)16/h5,7H,4,6H2,1-3H3,(H2,12,16)(H,13,14,15). The first-order chi connectivity index (χ1) is 7.44. The zero-order valence-electron chi connectivity index (χ0n) is 9.95. The second-order valence-electron chi connectivity index (χ2n) is 4.39. The van der Waals surface area contributed by atoms with Crippen LogP contribution in [0, 0.1) is 0 Å². The SMILES string of the molecule is CCCC(C)(C)Nc1nccc(C(N)=S)n1. The zero-order valence-corrected chi connectivity index (χ0v) is 10.8. The maximum absolute atomic E-state index is 5.52. The van der Waals surface area contributed by atoms with Crippen molar-refractivity contribution in [1.82, 2.24) is 9.97 Å². The van der Waals surface area contributed by atoms with E-state index in [4.69, 9.17) is 18.0 Å². The molecular weight excluding hydrogens is 220 g/mol. The highest BCUT2D eigenvalue weighted by atomic mass is 32.1. The van der Waals surface area contributed by atoms with Gasteiger partial charge in [0.1, 0.15) is 10.7 Å². The molecule has 0 aliphatic rings. The minimum atomic E-state index is -0.0242. The van der Waals surface area contributed by atoms with E-state index in [1.165, 1.54) is 0 Å². The van der Waals surface area contributed by atoms with Crippen molar-refractivity contribution in [3.05, 3.63) is 18.0 Å². The maximum atomic E-state index is 5.52. The third-order valence-electron chi connectivity index (χ3n) is 2.23. The molecule has 5 heteroatoms. The summed E-state index contributed by atoms with van der Waals surface area (Å²) in [6.45, 7) is 6.39. The van der Waals surface area contributed by atoms with Gasteiger partial charge in [-0.15, -0.1) is 0 Å². The Hall–Kier alpha value is -1.23. The van der Waals surface area contributed by atoms with Gasteiger partial charge >= 0.3 is 0 Å². The van der Waals surface area contributed by atoms with Crippen LogP contribution in [0.25, 0.3) is 0 Å². The lowest BCUT2D eigenvalue weighted by Crippen LogP contribution is -2.31. The van der Waals surface area contributed by atoms with Crippen molar-refractivity contribution >= 4 is 23.2 Å². The molecule has 88 valence electrons. The van der Waals surface area contributed by atoms with Crippen molar-refractivity contribution < 1.29 is 0 Å². The van der Waals surface area contributed by atoms with E-state index in [0.29, 0.717) is 16.6 Å². The van der Waals surface area contributed by atoms with Crippen molar-refractivity contribution in [3.63, 3.8) is 0 Å². The summed E-state index contributed by atoms with van der Waals surface area (Å²) in [4.78, 5) is 8.69. The fourth-order valence-electron chi connectivity index (χ4n) is 1.55. The second kappa shape index (κ2) is 5.21. The average molecular weight is 238 g/mol. The van der Waals surface area contributed by atoms with E-state index in [1.807, 2.05) is 0 Å². The second-order valence-corrected chi connectivity index (χ2v) is 4.83. The van der Waals surface area contributed by atoms with Crippen LogP contribution in [0.5, 0.6) is 0 Å². The molecule has 0 saturated carbocycles. The molecule has 0 atom stereocenters. The summed E-state index contributed by atoms with van der Waals surface area (Å²) < 4.78 is 0. The van der Waals surface area contributed by atoms with Crippen LogP contribution in [0.15, 0.2) is 12.3 Å². The molecule has 0 aromatic carbocycles. The molecule has 1 aromatic rings. The predicted octanol–water partition coefficient (Wildman–Crippen LogP) is 2.10. The molecule has 0 aliphatic heterocycles. The van der Waals surface area contributed by atoms with Gasteiger partial charge in [-0.2, -0.15) is 0 Å². The lowest BCUT2D eigenvalue weighted by atomic mass is 9.99. The van der Waals surface area contributed by atoms with E-state index in [2.05, 4.69) is 36.1 Å². The number of rotatable bonds is 5. The first kappa shape index (κ1) is 12.8. The minimum absolute atomic E-state index is 0.0242. The Balaban J connectivity index is 2.81. The van der Waals surface area contributed by atoms with E-state index >= 15 is 0 Å². The van der Waals surface area contributed by atoms with E-state index in [9.17, 15) is 0 Å². The molecule has 0 saturated heterocycles. The molecule has 0 aliphatic carbocycles. The fraction of sp³-hybridized carbons (Fsp3) is 0.545. The molecule has 1 heterocycles. The van der Waals surface area contributed by atoms with Gasteiger partial charge in [-0.05, 0) is 26.3 Å². The number of aromatic nitrogens is 2. The number of anilines is 1. The Morgan fingerprint density at radius 3 is 2.81 bits per heavy atom. The van der Waals surface area contributed by atoms with Crippen LogP contribution in [0.2, 0.25) is 0 Å². The molecule has 4 nitrogen and oxygen atoms in total. The van der Waals surface area contributed by atoms with Gasteiger partial charge in [0, 0.05) is 11.7 Å². The molecule has 3 N–H and O–H groups in total. The van der Waals surface area contributed by atoms with Crippen molar-refractivity contribution in [2.24, 2.45) is 5.73 Å². The van der Waals surface area contributed by atoms with Crippen LogP contribution in [0.1, 0.15) is 39.3 Å². The predicted molar refractivity (Wildman–Crippen MR) is 70.5 cm³/mol. The normalized spacial score (nSPS) is 11.2. The topological polar surface area (TPSA) is 63.8 Å². The summed E-state index contributed by atoms with van der Waals surface area (Å²) in [6, 6.07) is 1.71. The van der Waals surface area contributed by atoms with Gasteiger partial charge in [0.25, 0.3) is 0 Å². The van der Waals surface area contributed by atoms with Gasteiger partial charge in [0.2, 0.25) is 5.95 Å². The van der Waals surface area contributed by atoms with E-state index in [1.54, 1.807) is 12.3 Å². The first-order valence-electron chi connectivity index (χ1n) is 5.35. The fourth-order valence-corrected chi connectivity index (χ4v) is 1.66. The van der Waals surface area contributed by atoms with Crippen LogP contribution < -0.4 is 11.1 Å². The molecular formula is C11H18N4S. The lowest BCUT2D eigenvalue weighted by molar-refractivity contribution is 0.506. The summed E-state index contributed by atoms with van der Waals surface area (Å²) >= 11 is 4.87. The van der Waals surface area contributed by atoms with Crippen molar-refractivity contribution in [3.8, 4) is 0 Å². The number of nitrogens with two attached hydrogens (primary N) is 1. The van der Waals surface area contributed by atoms with Crippen molar-refractivity contribution in [1.29, 1.82) is 0 Å².